The maximum atomic E-state index is 9.14. The predicted octanol–water partition coefficient (Wildman–Crippen LogP) is 5.71. The van der Waals surface area contributed by atoms with Crippen molar-refractivity contribution in [3.05, 3.63) is 0 Å². The summed E-state index contributed by atoms with van der Waals surface area (Å²) in [5.41, 5.74) is 5.09. The molecule has 0 atom stereocenters. The van der Waals surface area contributed by atoms with Gasteiger partial charge in [0.2, 0.25) is 0 Å². The zero-order chi connectivity index (χ0) is 18.6. The Bertz CT molecular complexity index is 254. The van der Waals surface area contributed by atoms with Crippen LogP contribution >= 0.6 is 0 Å². The number of aliphatic hydroxyl groups is 2. The summed E-state index contributed by atoms with van der Waals surface area (Å²) in [6, 6.07) is 0. The normalized spacial score (nSPS) is 12.0. The standard InChI is InChI=1S/C22H47NO2/c1-2-3-4-5-6-7-8-9-10-11-12-13-14-15-16-17-18-19-22(23,20-24)21-25/h24-25H,2-21,23H2,1H3. The van der Waals surface area contributed by atoms with E-state index in [0.717, 1.165) is 19.3 Å². The molecule has 0 saturated carbocycles. The van der Waals surface area contributed by atoms with E-state index in [1.54, 1.807) is 0 Å². The van der Waals surface area contributed by atoms with Gasteiger partial charge in [-0.2, -0.15) is 0 Å². The predicted molar refractivity (Wildman–Crippen MR) is 110 cm³/mol. The summed E-state index contributed by atoms with van der Waals surface area (Å²) in [6.45, 7) is 2.03. The van der Waals surface area contributed by atoms with Gasteiger partial charge in [0.1, 0.15) is 0 Å². The van der Waals surface area contributed by atoms with Crippen molar-refractivity contribution in [1.82, 2.24) is 0 Å². The number of hydrogen-bond acceptors (Lipinski definition) is 3. The Hall–Kier alpha value is -0.120. The van der Waals surface area contributed by atoms with Crippen molar-refractivity contribution >= 4 is 0 Å². The van der Waals surface area contributed by atoms with Gasteiger partial charge >= 0.3 is 0 Å². The minimum atomic E-state index is -0.768. The molecule has 0 aromatic carbocycles. The first-order chi connectivity index (χ1) is 12.2. The Morgan fingerprint density at radius 2 is 0.800 bits per heavy atom. The molecule has 152 valence electrons. The van der Waals surface area contributed by atoms with Crippen molar-refractivity contribution in [1.29, 1.82) is 0 Å². The lowest BCUT2D eigenvalue weighted by Gasteiger charge is -2.24. The van der Waals surface area contributed by atoms with Crippen molar-refractivity contribution < 1.29 is 10.2 Å². The third kappa shape index (κ3) is 17.1. The van der Waals surface area contributed by atoms with Crippen LogP contribution in [-0.2, 0) is 0 Å². The van der Waals surface area contributed by atoms with Gasteiger partial charge in [-0.3, -0.25) is 0 Å². The lowest BCUT2D eigenvalue weighted by Crippen LogP contribution is -2.47. The van der Waals surface area contributed by atoms with Crippen LogP contribution in [0.15, 0.2) is 0 Å². The van der Waals surface area contributed by atoms with Crippen LogP contribution in [0.25, 0.3) is 0 Å². The van der Waals surface area contributed by atoms with Crippen LogP contribution in [0.4, 0.5) is 0 Å². The highest BCUT2D eigenvalue weighted by atomic mass is 16.3. The SMILES string of the molecule is CCCCCCCCCCCCCCCCCCCC(N)(CO)CO. The summed E-state index contributed by atoms with van der Waals surface area (Å²) >= 11 is 0. The molecule has 3 nitrogen and oxygen atoms in total. The van der Waals surface area contributed by atoms with Crippen LogP contribution in [0.3, 0.4) is 0 Å². The second-order valence-electron chi connectivity index (χ2n) is 8.09. The van der Waals surface area contributed by atoms with Crippen LogP contribution in [0.2, 0.25) is 0 Å². The van der Waals surface area contributed by atoms with E-state index in [9.17, 15) is 0 Å². The van der Waals surface area contributed by atoms with Crippen LogP contribution in [0.5, 0.6) is 0 Å². The lowest BCUT2D eigenvalue weighted by molar-refractivity contribution is 0.112. The topological polar surface area (TPSA) is 66.5 Å². The van der Waals surface area contributed by atoms with Crippen LogP contribution in [0.1, 0.15) is 122 Å². The number of hydrogen-bond donors (Lipinski definition) is 3. The molecule has 0 rings (SSSR count). The highest BCUT2D eigenvalue weighted by Crippen LogP contribution is 2.16. The minimum absolute atomic E-state index is 0.123. The van der Waals surface area contributed by atoms with E-state index in [0.29, 0.717) is 0 Å². The summed E-state index contributed by atoms with van der Waals surface area (Å²) in [6.07, 6.45) is 23.9. The van der Waals surface area contributed by atoms with Gasteiger partial charge in [0.05, 0.1) is 18.8 Å². The van der Waals surface area contributed by atoms with Crippen molar-refractivity contribution in [2.75, 3.05) is 13.2 Å². The molecular formula is C22H47NO2. The molecule has 4 N–H and O–H groups in total. The van der Waals surface area contributed by atoms with Gasteiger partial charge < -0.3 is 15.9 Å². The Balaban J connectivity index is 3.12. The Kier molecular flexibility index (Phi) is 18.6. The zero-order valence-corrected chi connectivity index (χ0v) is 17.1. The maximum absolute atomic E-state index is 9.14. The summed E-state index contributed by atoms with van der Waals surface area (Å²) in [4.78, 5) is 0. The fourth-order valence-electron chi connectivity index (χ4n) is 3.41. The molecule has 0 aliphatic heterocycles. The monoisotopic (exact) mass is 357 g/mol. The van der Waals surface area contributed by atoms with Crippen molar-refractivity contribution in [3.63, 3.8) is 0 Å². The van der Waals surface area contributed by atoms with Gasteiger partial charge in [-0.15, -0.1) is 0 Å². The second kappa shape index (κ2) is 18.7. The first kappa shape index (κ1) is 24.9. The number of nitrogens with two attached hydrogens (primary N) is 1. The quantitative estimate of drug-likeness (QED) is 0.244. The average Bonchev–Trinajstić information content (AvgIpc) is 2.64. The molecule has 0 heterocycles. The molecule has 0 unspecified atom stereocenters. The van der Waals surface area contributed by atoms with Gasteiger partial charge in [-0.1, -0.05) is 116 Å². The fraction of sp³-hybridized carbons (Fsp3) is 1.00. The summed E-state index contributed by atoms with van der Waals surface area (Å²) in [5, 5.41) is 18.3. The van der Waals surface area contributed by atoms with Crippen molar-refractivity contribution in [3.8, 4) is 0 Å². The molecule has 0 aromatic rings. The van der Waals surface area contributed by atoms with Crippen molar-refractivity contribution in [2.24, 2.45) is 5.73 Å². The van der Waals surface area contributed by atoms with E-state index < -0.39 is 5.54 Å². The third-order valence-electron chi connectivity index (χ3n) is 5.41. The highest BCUT2D eigenvalue weighted by Gasteiger charge is 2.21. The van der Waals surface area contributed by atoms with Gasteiger partial charge in [-0.05, 0) is 6.42 Å². The van der Waals surface area contributed by atoms with Crippen LogP contribution < -0.4 is 5.73 Å². The largest absolute Gasteiger partial charge is 0.394 e. The maximum Gasteiger partial charge on any atom is 0.0633 e. The average molecular weight is 358 g/mol. The van der Waals surface area contributed by atoms with E-state index in [2.05, 4.69) is 6.92 Å². The molecule has 0 aliphatic carbocycles. The molecule has 0 radical (unpaired) electrons. The molecular weight excluding hydrogens is 310 g/mol. The molecule has 0 saturated heterocycles. The molecule has 0 amide bonds. The van der Waals surface area contributed by atoms with Gasteiger partial charge in [0, 0.05) is 0 Å². The third-order valence-corrected chi connectivity index (χ3v) is 5.41. The van der Waals surface area contributed by atoms with E-state index in [4.69, 9.17) is 15.9 Å². The van der Waals surface area contributed by atoms with Crippen LogP contribution in [0, 0.1) is 0 Å². The number of unbranched alkanes of at least 4 members (excludes halogenated alkanes) is 16. The highest BCUT2D eigenvalue weighted by molar-refractivity contribution is 4.81. The van der Waals surface area contributed by atoms with E-state index in [1.807, 2.05) is 0 Å². The van der Waals surface area contributed by atoms with Gasteiger partial charge in [-0.25, -0.2) is 0 Å². The number of rotatable bonds is 20. The fourth-order valence-corrected chi connectivity index (χ4v) is 3.41. The van der Waals surface area contributed by atoms with Gasteiger partial charge in [0.15, 0.2) is 0 Å². The molecule has 0 bridgehead atoms. The molecule has 3 heteroatoms. The van der Waals surface area contributed by atoms with E-state index in [1.165, 1.54) is 96.3 Å². The summed E-state index contributed by atoms with van der Waals surface area (Å²) < 4.78 is 0. The van der Waals surface area contributed by atoms with E-state index >= 15 is 0 Å². The smallest absolute Gasteiger partial charge is 0.0633 e. The molecule has 0 spiro atoms. The lowest BCUT2D eigenvalue weighted by atomic mass is 9.94. The first-order valence-electron chi connectivity index (χ1n) is 11.2. The second-order valence-corrected chi connectivity index (χ2v) is 8.09. The number of aliphatic hydroxyl groups excluding tert-OH is 2. The Labute approximate surface area is 157 Å². The van der Waals surface area contributed by atoms with Crippen molar-refractivity contribution in [2.45, 2.75) is 128 Å². The Morgan fingerprint density at radius 3 is 1.08 bits per heavy atom. The van der Waals surface area contributed by atoms with Crippen LogP contribution in [-0.4, -0.2) is 29.0 Å². The molecule has 0 fully saturated rings. The first-order valence-corrected chi connectivity index (χ1v) is 11.2. The molecule has 0 aliphatic rings. The Morgan fingerprint density at radius 1 is 0.520 bits per heavy atom. The zero-order valence-electron chi connectivity index (χ0n) is 17.1. The minimum Gasteiger partial charge on any atom is -0.394 e. The molecule has 0 aromatic heterocycles. The molecule has 25 heavy (non-hydrogen) atoms. The summed E-state index contributed by atoms with van der Waals surface area (Å²) in [5.74, 6) is 0. The summed E-state index contributed by atoms with van der Waals surface area (Å²) in [7, 11) is 0. The van der Waals surface area contributed by atoms with E-state index in [-0.39, 0.29) is 13.2 Å². The van der Waals surface area contributed by atoms with Gasteiger partial charge in [0.25, 0.3) is 0 Å².